The first-order valence-corrected chi connectivity index (χ1v) is 9.54. The van der Waals surface area contributed by atoms with Gasteiger partial charge >= 0.3 is 0 Å². The quantitative estimate of drug-likeness (QED) is 0.463. The molecule has 150 valence electrons. The number of nitrogens with zero attached hydrogens (tertiary/aromatic N) is 2. The van der Waals surface area contributed by atoms with Crippen LogP contribution in [0, 0.1) is 0 Å². The Labute approximate surface area is 161 Å². The van der Waals surface area contributed by atoms with Crippen molar-refractivity contribution >= 4 is 0 Å². The van der Waals surface area contributed by atoms with Gasteiger partial charge in [-0.25, -0.2) is 4.98 Å². The topological polar surface area (TPSA) is 82.6 Å². The second kappa shape index (κ2) is 11.6. The van der Waals surface area contributed by atoms with Gasteiger partial charge in [0.2, 0.25) is 0 Å². The van der Waals surface area contributed by atoms with Crippen molar-refractivity contribution in [1.29, 1.82) is 0 Å². The first kappa shape index (κ1) is 21.2. The predicted molar refractivity (Wildman–Crippen MR) is 106 cm³/mol. The number of ether oxygens (including phenoxy) is 2. The van der Waals surface area contributed by atoms with E-state index < -0.39 is 6.10 Å². The molecule has 0 bridgehead atoms. The van der Waals surface area contributed by atoms with Crippen molar-refractivity contribution in [2.45, 2.75) is 32.9 Å². The molecule has 0 aliphatic heterocycles. The van der Waals surface area contributed by atoms with Crippen molar-refractivity contribution < 1.29 is 14.6 Å². The smallest absolute Gasteiger partial charge is 0.161 e. The van der Waals surface area contributed by atoms with Crippen molar-refractivity contribution in [2.24, 2.45) is 0 Å². The predicted octanol–water partition coefficient (Wildman–Crippen LogP) is 1.83. The number of aliphatic hydroxyl groups is 1. The molecule has 0 aliphatic rings. The highest BCUT2D eigenvalue weighted by Gasteiger charge is 2.12. The Morgan fingerprint density at radius 3 is 2.74 bits per heavy atom. The molecule has 0 spiro atoms. The minimum atomic E-state index is -0.529. The number of aromatic amines is 1. The van der Waals surface area contributed by atoms with Crippen molar-refractivity contribution in [3.05, 3.63) is 42.0 Å². The number of imidazole rings is 1. The fourth-order valence-electron chi connectivity index (χ4n) is 2.84. The van der Waals surface area contributed by atoms with Crippen LogP contribution >= 0.6 is 0 Å². The zero-order valence-electron chi connectivity index (χ0n) is 16.6. The zero-order chi connectivity index (χ0) is 19.5. The molecule has 1 heterocycles. The lowest BCUT2D eigenvalue weighted by atomic mass is 10.2. The van der Waals surface area contributed by atoms with Gasteiger partial charge in [-0.05, 0) is 30.8 Å². The minimum Gasteiger partial charge on any atom is -0.493 e. The van der Waals surface area contributed by atoms with Crippen LogP contribution in [0.15, 0.2) is 30.7 Å². The van der Waals surface area contributed by atoms with Crippen molar-refractivity contribution in [3.8, 4) is 11.5 Å². The molecule has 1 aromatic heterocycles. The molecular weight excluding hydrogens is 344 g/mol. The summed E-state index contributed by atoms with van der Waals surface area (Å²) in [6, 6.07) is 5.88. The van der Waals surface area contributed by atoms with Crippen LogP contribution in [0.1, 0.15) is 25.1 Å². The third-order valence-corrected chi connectivity index (χ3v) is 4.48. The summed E-state index contributed by atoms with van der Waals surface area (Å²) in [6.07, 6.45) is 3.91. The first-order chi connectivity index (χ1) is 13.2. The average Bonchev–Trinajstić information content (AvgIpc) is 3.21. The number of aliphatic hydroxyl groups excluding tert-OH is 1. The second-order valence-electron chi connectivity index (χ2n) is 6.44. The molecule has 7 heteroatoms. The van der Waals surface area contributed by atoms with Gasteiger partial charge in [-0.1, -0.05) is 19.9 Å². The monoisotopic (exact) mass is 376 g/mol. The Morgan fingerprint density at radius 2 is 2.07 bits per heavy atom. The molecule has 7 nitrogen and oxygen atoms in total. The summed E-state index contributed by atoms with van der Waals surface area (Å²) in [4.78, 5) is 9.27. The van der Waals surface area contributed by atoms with Gasteiger partial charge in [-0.3, -0.25) is 0 Å². The highest BCUT2D eigenvalue weighted by molar-refractivity contribution is 5.43. The first-order valence-electron chi connectivity index (χ1n) is 9.54. The molecule has 2 aromatic rings. The van der Waals surface area contributed by atoms with E-state index >= 15 is 0 Å². The lowest BCUT2D eigenvalue weighted by Gasteiger charge is -2.22. The molecule has 3 N–H and O–H groups in total. The molecule has 0 aliphatic carbocycles. The summed E-state index contributed by atoms with van der Waals surface area (Å²) in [5.74, 6) is 1.33. The van der Waals surface area contributed by atoms with E-state index in [-0.39, 0.29) is 6.61 Å². The van der Waals surface area contributed by atoms with Gasteiger partial charge in [0.05, 0.1) is 13.4 Å². The number of H-pyrrole nitrogens is 1. The fourth-order valence-corrected chi connectivity index (χ4v) is 2.84. The van der Waals surface area contributed by atoms with Crippen LogP contribution in [0.25, 0.3) is 0 Å². The molecule has 0 saturated carbocycles. The van der Waals surface area contributed by atoms with Gasteiger partial charge in [0.15, 0.2) is 11.5 Å². The van der Waals surface area contributed by atoms with Crippen LogP contribution in [0.3, 0.4) is 0 Å². The van der Waals surface area contributed by atoms with E-state index in [2.05, 4.69) is 34.0 Å². The summed E-state index contributed by atoms with van der Waals surface area (Å²) in [6.45, 7) is 8.46. The largest absolute Gasteiger partial charge is 0.493 e. The van der Waals surface area contributed by atoms with Crippen LogP contribution in [0.5, 0.6) is 11.5 Å². The second-order valence-corrected chi connectivity index (χ2v) is 6.44. The normalized spacial score (nSPS) is 12.3. The molecule has 0 radical (unpaired) electrons. The van der Waals surface area contributed by atoms with E-state index in [0.717, 1.165) is 43.9 Å². The Bertz CT molecular complexity index is 645. The number of methoxy groups -OCH3 is 1. The third kappa shape index (κ3) is 7.21. The summed E-state index contributed by atoms with van der Waals surface area (Å²) in [5, 5.41) is 13.6. The number of likely N-dealkylation sites (N-methyl/N-ethyl adjacent to an activating group) is 1. The summed E-state index contributed by atoms with van der Waals surface area (Å²) >= 11 is 0. The zero-order valence-corrected chi connectivity index (χ0v) is 16.6. The minimum absolute atomic E-state index is 0.245. The van der Waals surface area contributed by atoms with Gasteiger partial charge in [-0.15, -0.1) is 0 Å². The SMILES string of the molecule is CCN(CC)C[C@H](O)COc1ccc(CNCCc2cnc[nH]2)cc1OC. The van der Waals surface area contributed by atoms with Gasteiger partial charge in [0.1, 0.15) is 12.7 Å². The van der Waals surface area contributed by atoms with Gasteiger partial charge in [0, 0.05) is 37.9 Å². The summed E-state index contributed by atoms with van der Waals surface area (Å²) in [7, 11) is 1.63. The Kier molecular flexibility index (Phi) is 9.10. The van der Waals surface area contributed by atoms with Crippen LogP contribution in [-0.4, -0.2) is 66.0 Å². The number of hydrogen-bond donors (Lipinski definition) is 3. The van der Waals surface area contributed by atoms with Crippen molar-refractivity contribution in [2.75, 3.05) is 39.9 Å². The number of rotatable bonds is 13. The van der Waals surface area contributed by atoms with Crippen molar-refractivity contribution in [1.82, 2.24) is 20.2 Å². The average molecular weight is 377 g/mol. The molecule has 0 amide bonds. The lowest BCUT2D eigenvalue weighted by molar-refractivity contribution is 0.0705. The lowest BCUT2D eigenvalue weighted by Crippen LogP contribution is -2.35. The maximum Gasteiger partial charge on any atom is 0.161 e. The summed E-state index contributed by atoms with van der Waals surface area (Å²) in [5.41, 5.74) is 2.24. The number of benzene rings is 1. The van der Waals surface area contributed by atoms with Gasteiger partial charge < -0.3 is 29.8 Å². The van der Waals surface area contributed by atoms with Crippen LogP contribution < -0.4 is 14.8 Å². The van der Waals surface area contributed by atoms with E-state index in [9.17, 15) is 5.11 Å². The molecular formula is C20H32N4O3. The Balaban J connectivity index is 1.80. The highest BCUT2D eigenvalue weighted by atomic mass is 16.5. The van der Waals surface area contributed by atoms with E-state index in [0.29, 0.717) is 18.0 Å². The van der Waals surface area contributed by atoms with Crippen LogP contribution in [0.4, 0.5) is 0 Å². The maximum absolute atomic E-state index is 10.2. The van der Waals surface area contributed by atoms with Gasteiger partial charge in [-0.2, -0.15) is 0 Å². The van der Waals surface area contributed by atoms with Crippen LogP contribution in [-0.2, 0) is 13.0 Å². The standard InChI is InChI=1S/C20H32N4O3/c1-4-24(5-2)13-18(25)14-27-19-7-6-16(10-20(19)26-3)11-21-9-8-17-12-22-15-23-17/h6-7,10,12,15,18,21,25H,4-5,8-9,11,13-14H2,1-3H3,(H,22,23)/t18-/m0/s1. The molecule has 1 atom stereocenters. The number of nitrogens with one attached hydrogen (secondary N) is 2. The van der Waals surface area contributed by atoms with Crippen LogP contribution in [0.2, 0.25) is 0 Å². The number of aromatic nitrogens is 2. The molecule has 0 saturated heterocycles. The molecule has 2 rings (SSSR count). The van der Waals surface area contributed by atoms with E-state index in [1.165, 1.54) is 0 Å². The fraction of sp³-hybridized carbons (Fsp3) is 0.550. The van der Waals surface area contributed by atoms with E-state index in [4.69, 9.17) is 9.47 Å². The third-order valence-electron chi connectivity index (χ3n) is 4.48. The van der Waals surface area contributed by atoms with E-state index in [1.807, 2.05) is 24.4 Å². The molecule has 0 fully saturated rings. The molecule has 1 aromatic carbocycles. The van der Waals surface area contributed by atoms with E-state index in [1.54, 1.807) is 13.4 Å². The van der Waals surface area contributed by atoms with Crippen molar-refractivity contribution in [3.63, 3.8) is 0 Å². The Morgan fingerprint density at radius 1 is 1.26 bits per heavy atom. The molecule has 27 heavy (non-hydrogen) atoms. The maximum atomic E-state index is 10.2. The highest BCUT2D eigenvalue weighted by Crippen LogP contribution is 2.28. The summed E-state index contributed by atoms with van der Waals surface area (Å²) < 4.78 is 11.2. The molecule has 0 unspecified atom stereocenters. The van der Waals surface area contributed by atoms with Gasteiger partial charge in [0.25, 0.3) is 0 Å². The Hall–Kier alpha value is -2.09. The number of hydrogen-bond acceptors (Lipinski definition) is 6.